The highest BCUT2D eigenvalue weighted by Gasteiger charge is 2.29. The van der Waals surface area contributed by atoms with Crippen molar-refractivity contribution in [1.29, 1.82) is 0 Å². The molecule has 1 aromatic carbocycles. The predicted octanol–water partition coefficient (Wildman–Crippen LogP) is 4.13. The van der Waals surface area contributed by atoms with Crippen LogP contribution in [0.25, 0.3) is 11.5 Å². The second kappa shape index (κ2) is 6.80. The van der Waals surface area contributed by atoms with E-state index >= 15 is 0 Å². The summed E-state index contributed by atoms with van der Waals surface area (Å²) in [6.07, 6.45) is 1.91. The molecule has 0 spiro atoms. The third-order valence-electron chi connectivity index (χ3n) is 4.61. The van der Waals surface area contributed by atoms with E-state index < -0.39 is 0 Å². The molecule has 3 heterocycles. The number of hydrogen-bond donors (Lipinski definition) is 0. The van der Waals surface area contributed by atoms with Gasteiger partial charge in [-0.15, -0.1) is 21.5 Å². The standard InChI is InChI=1S/C19H19N3O2S/c1-13-6-2-3-8-15(13)18-21-20-17(24-18)14-7-4-10-22(12-14)19(23)16-9-5-11-25-16/h2-3,5-6,8-9,11,14H,4,7,10,12H2,1H3/t14-/m0/s1. The van der Waals surface area contributed by atoms with Crippen molar-refractivity contribution in [2.24, 2.45) is 0 Å². The van der Waals surface area contributed by atoms with Crippen LogP contribution in [0.1, 0.15) is 39.9 Å². The summed E-state index contributed by atoms with van der Waals surface area (Å²) in [5.41, 5.74) is 2.07. The largest absolute Gasteiger partial charge is 0.420 e. The van der Waals surface area contributed by atoms with Gasteiger partial charge in [0.1, 0.15) is 0 Å². The van der Waals surface area contributed by atoms with Crippen LogP contribution in [0.4, 0.5) is 0 Å². The van der Waals surface area contributed by atoms with Crippen molar-refractivity contribution in [3.05, 3.63) is 58.1 Å². The first-order valence-electron chi connectivity index (χ1n) is 8.44. The molecule has 1 aliphatic heterocycles. The average molecular weight is 353 g/mol. The molecule has 3 aromatic rings. The summed E-state index contributed by atoms with van der Waals surface area (Å²) in [7, 11) is 0. The zero-order chi connectivity index (χ0) is 17.2. The van der Waals surface area contributed by atoms with E-state index in [0.29, 0.717) is 18.3 Å². The summed E-state index contributed by atoms with van der Waals surface area (Å²) in [6, 6.07) is 11.8. The molecule has 0 unspecified atom stereocenters. The van der Waals surface area contributed by atoms with E-state index in [1.54, 1.807) is 0 Å². The lowest BCUT2D eigenvalue weighted by atomic mass is 9.98. The Bertz CT molecular complexity index is 872. The molecule has 25 heavy (non-hydrogen) atoms. The minimum Gasteiger partial charge on any atom is -0.420 e. The maximum atomic E-state index is 12.6. The Morgan fingerprint density at radius 1 is 1.24 bits per heavy atom. The SMILES string of the molecule is Cc1ccccc1-c1nnc([C@H]2CCCN(C(=O)c3cccs3)C2)o1. The Hall–Kier alpha value is -2.47. The topological polar surface area (TPSA) is 59.2 Å². The van der Waals surface area contributed by atoms with Gasteiger partial charge in [-0.3, -0.25) is 4.79 Å². The highest BCUT2D eigenvalue weighted by Crippen LogP contribution is 2.30. The number of rotatable bonds is 3. The number of benzene rings is 1. The van der Waals surface area contributed by atoms with Gasteiger partial charge in [0.25, 0.3) is 5.91 Å². The molecular weight excluding hydrogens is 334 g/mol. The quantitative estimate of drug-likeness (QED) is 0.710. The van der Waals surface area contributed by atoms with E-state index in [0.717, 1.165) is 35.4 Å². The van der Waals surface area contributed by atoms with E-state index in [4.69, 9.17) is 4.42 Å². The molecule has 0 bridgehead atoms. The zero-order valence-corrected chi connectivity index (χ0v) is 14.8. The van der Waals surface area contributed by atoms with Crippen LogP contribution in [0, 0.1) is 6.92 Å². The van der Waals surface area contributed by atoms with Gasteiger partial charge in [-0.25, -0.2) is 0 Å². The van der Waals surface area contributed by atoms with Gasteiger partial charge in [-0.1, -0.05) is 24.3 Å². The van der Waals surface area contributed by atoms with Gasteiger partial charge in [0.05, 0.1) is 10.8 Å². The summed E-state index contributed by atoms with van der Waals surface area (Å²) in [5, 5.41) is 10.4. The molecule has 6 heteroatoms. The molecule has 1 atom stereocenters. The lowest BCUT2D eigenvalue weighted by Gasteiger charge is -2.30. The molecule has 0 N–H and O–H groups in total. The highest BCUT2D eigenvalue weighted by atomic mass is 32.1. The van der Waals surface area contributed by atoms with Crippen LogP contribution in [-0.2, 0) is 0 Å². The lowest BCUT2D eigenvalue weighted by molar-refractivity contribution is 0.0703. The van der Waals surface area contributed by atoms with Crippen LogP contribution in [0.3, 0.4) is 0 Å². The van der Waals surface area contributed by atoms with Crippen molar-refractivity contribution in [1.82, 2.24) is 15.1 Å². The van der Waals surface area contributed by atoms with Crippen molar-refractivity contribution >= 4 is 17.2 Å². The molecule has 1 saturated heterocycles. The van der Waals surface area contributed by atoms with Gasteiger partial charge < -0.3 is 9.32 Å². The monoisotopic (exact) mass is 353 g/mol. The Balaban J connectivity index is 1.52. The molecule has 1 aliphatic rings. The molecule has 4 rings (SSSR count). The number of amides is 1. The molecule has 1 fully saturated rings. The third kappa shape index (κ3) is 3.22. The number of carbonyl (C=O) groups excluding carboxylic acids is 1. The van der Waals surface area contributed by atoms with Gasteiger partial charge in [0, 0.05) is 18.7 Å². The van der Waals surface area contributed by atoms with Gasteiger partial charge in [-0.05, 0) is 42.8 Å². The smallest absolute Gasteiger partial charge is 0.263 e. The predicted molar refractivity (Wildman–Crippen MR) is 96.7 cm³/mol. The number of nitrogens with zero attached hydrogens (tertiary/aromatic N) is 3. The highest BCUT2D eigenvalue weighted by molar-refractivity contribution is 7.12. The Labute approximate surface area is 150 Å². The fourth-order valence-corrected chi connectivity index (χ4v) is 3.93. The molecule has 2 aromatic heterocycles. The maximum Gasteiger partial charge on any atom is 0.263 e. The van der Waals surface area contributed by atoms with E-state index in [1.165, 1.54) is 11.3 Å². The van der Waals surface area contributed by atoms with Gasteiger partial charge in [0.2, 0.25) is 11.8 Å². The summed E-state index contributed by atoms with van der Waals surface area (Å²) in [5.74, 6) is 1.37. The second-order valence-electron chi connectivity index (χ2n) is 6.33. The Kier molecular flexibility index (Phi) is 4.36. The normalized spacial score (nSPS) is 17.6. The lowest BCUT2D eigenvalue weighted by Crippen LogP contribution is -2.38. The minimum absolute atomic E-state index is 0.0957. The number of piperidine rings is 1. The van der Waals surface area contributed by atoms with E-state index in [2.05, 4.69) is 10.2 Å². The maximum absolute atomic E-state index is 12.6. The fourth-order valence-electron chi connectivity index (χ4n) is 3.24. The molecule has 0 radical (unpaired) electrons. The summed E-state index contributed by atoms with van der Waals surface area (Å²) in [6.45, 7) is 3.44. The van der Waals surface area contributed by atoms with E-state index in [9.17, 15) is 4.79 Å². The van der Waals surface area contributed by atoms with Crippen LogP contribution >= 0.6 is 11.3 Å². The van der Waals surface area contributed by atoms with E-state index in [-0.39, 0.29) is 11.8 Å². The van der Waals surface area contributed by atoms with Crippen molar-refractivity contribution in [2.45, 2.75) is 25.7 Å². The summed E-state index contributed by atoms with van der Waals surface area (Å²) in [4.78, 5) is 15.3. The number of aromatic nitrogens is 2. The van der Waals surface area contributed by atoms with Gasteiger partial charge >= 0.3 is 0 Å². The third-order valence-corrected chi connectivity index (χ3v) is 5.46. The van der Waals surface area contributed by atoms with Gasteiger partial charge in [-0.2, -0.15) is 0 Å². The van der Waals surface area contributed by atoms with Crippen LogP contribution in [0.2, 0.25) is 0 Å². The van der Waals surface area contributed by atoms with Crippen LogP contribution < -0.4 is 0 Å². The van der Waals surface area contributed by atoms with Crippen LogP contribution in [-0.4, -0.2) is 34.1 Å². The summed E-state index contributed by atoms with van der Waals surface area (Å²) < 4.78 is 5.95. The van der Waals surface area contributed by atoms with E-state index in [1.807, 2.05) is 53.6 Å². The van der Waals surface area contributed by atoms with Crippen molar-refractivity contribution in [2.75, 3.05) is 13.1 Å². The number of thiophene rings is 1. The first kappa shape index (κ1) is 16.0. The molecule has 0 saturated carbocycles. The fraction of sp³-hybridized carbons (Fsp3) is 0.316. The van der Waals surface area contributed by atoms with Crippen molar-refractivity contribution in [3.8, 4) is 11.5 Å². The molecule has 1 amide bonds. The first-order chi connectivity index (χ1) is 12.2. The van der Waals surface area contributed by atoms with Gasteiger partial charge in [0.15, 0.2) is 0 Å². The second-order valence-corrected chi connectivity index (χ2v) is 7.28. The molecular formula is C19H19N3O2S. The molecule has 5 nitrogen and oxygen atoms in total. The minimum atomic E-state index is 0.0957. The Morgan fingerprint density at radius 2 is 2.12 bits per heavy atom. The summed E-state index contributed by atoms with van der Waals surface area (Å²) >= 11 is 1.48. The Morgan fingerprint density at radius 3 is 2.92 bits per heavy atom. The number of aryl methyl sites for hydroxylation is 1. The molecule has 0 aliphatic carbocycles. The number of likely N-dealkylation sites (tertiary alicyclic amines) is 1. The zero-order valence-electron chi connectivity index (χ0n) is 14.0. The van der Waals surface area contributed by atoms with Crippen molar-refractivity contribution < 1.29 is 9.21 Å². The number of carbonyl (C=O) groups is 1. The van der Waals surface area contributed by atoms with Crippen LogP contribution in [0.5, 0.6) is 0 Å². The average Bonchev–Trinajstić information content (AvgIpc) is 3.34. The number of hydrogen-bond acceptors (Lipinski definition) is 5. The van der Waals surface area contributed by atoms with Crippen molar-refractivity contribution in [3.63, 3.8) is 0 Å². The molecule has 128 valence electrons. The van der Waals surface area contributed by atoms with Crippen LogP contribution in [0.15, 0.2) is 46.2 Å². The first-order valence-corrected chi connectivity index (χ1v) is 9.32.